The second-order valence-corrected chi connectivity index (χ2v) is 8.10. The maximum atomic E-state index is 12.9. The van der Waals surface area contributed by atoms with Crippen LogP contribution in [0.25, 0.3) is 10.9 Å². The molecule has 4 aliphatic carbocycles. The van der Waals surface area contributed by atoms with E-state index in [2.05, 4.69) is 17.3 Å². The largest absolute Gasteiger partial charge is 0.350 e. The number of aryl methyl sites for hydroxylation is 1. The number of hydrogen-bond donors (Lipinski definition) is 0. The fourth-order valence-corrected chi connectivity index (χ4v) is 5.65. The molecule has 1 aromatic carbocycles. The van der Waals surface area contributed by atoms with E-state index in [1.54, 1.807) is 6.21 Å². The lowest BCUT2D eigenvalue weighted by molar-refractivity contribution is -0.140. The van der Waals surface area contributed by atoms with Crippen molar-refractivity contribution in [1.82, 2.24) is 9.58 Å². The van der Waals surface area contributed by atoms with Gasteiger partial charge in [-0.05, 0) is 36.2 Å². The van der Waals surface area contributed by atoms with Crippen molar-refractivity contribution in [2.24, 2.45) is 47.7 Å². The molecule has 0 N–H and O–H groups in total. The lowest BCUT2D eigenvalue weighted by Crippen LogP contribution is -2.40. The summed E-state index contributed by atoms with van der Waals surface area (Å²) in [5.41, 5.74) is 2.02. The van der Waals surface area contributed by atoms with E-state index in [1.807, 2.05) is 42.1 Å². The maximum absolute atomic E-state index is 12.9. The average molecular weight is 345 g/mol. The third-order valence-corrected chi connectivity index (χ3v) is 6.88. The van der Waals surface area contributed by atoms with Gasteiger partial charge >= 0.3 is 0 Å². The first-order valence-corrected chi connectivity index (χ1v) is 9.29. The fraction of sp³-hybridized carbons (Fsp3) is 0.381. The van der Waals surface area contributed by atoms with Crippen molar-refractivity contribution in [3.05, 3.63) is 48.2 Å². The van der Waals surface area contributed by atoms with Crippen LogP contribution in [0.2, 0.25) is 0 Å². The van der Waals surface area contributed by atoms with Crippen LogP contribution in [0.5, 0.6) is 0 Å². The summed E-state index contributed by atoms with van der Waals surface area (Å²) in [6.45, 7) is 0. The van der Waals surface area contributed by atoms with E-state index in [0.29, 0.717) is 11.8 Å². The summed E-state index contributed by atoms with van der Waals surface area (Å²) < 4.78 is 2.03. The molecule has 2 saturated carbocycles. The van der Waals surface area contributed by atoms with Gasteiger partial charge in [-0.1, -0.05) is 30.4 Å². The smallest absolute Gasteiger partial charge is 0.254 e. The van der Waals surface area contributed by atoms with Gasteiger partial charge in [0.25, 0.3) is 11.8 Å². The van der Waals surface area contributed by atoms with Crippen molar-refractivity contribution in [2.75, 3.05) is 0 Å². The predicted octanol–water partition coefficient (Wildman–Crippen LogP) is 2.57. The number of allylic oxidation sites excluding steroid dienone is 2. The van der Waals surface area contributed by atoms with Gasteiger partial charge in [0.05, 0.1) is 18.1 Å². The number of aromatic nitrogens is 1. The molecule has 3 fully saturated rings. The topological polar surface area (TPSA) is 54.7 Å². The molecule has 26 heavy (non-hydrogen) atoms. The Morgan fingerprint density at radius 2 is 1.69 bits per heavy atom. The fourth-order valence-electron chi connectivity index (χ4n) is 5.65. The Hall–Kier alpha value is -2.69. The molecule has 0 spiro atoms. The summed E-state index contributed by atoms with van der Waals surface area (Å²) in [7, 11) is 1.98. The number of imide groups is 1. The van der Waals surface area contributed by atoms with Crippen molar-refractivity contribution < 1.29 is 9.59 Å². The maximum Gasteiger partial charge on any atom is 0.254 e. The van der Waals surface area contributed by atoms with Crippen LogP contribution < -0.4 is 0 Å². The first-order chi connectivity index (χ1) is 12.6. The van der Waals surface area contributed by atoms with Gasteiger partial charge in [-0.15, -0.1) is 0 Å². The van der Waals surface area contributed by atoms with Crippen molar-refractivity contribution in [3.8, 4) is 0 Å². The minimum absolute atomic E-state index is 0.110. The minimum atomic E-state index is -0.189. The molecule has 2 bridgehead atoms. The number of carbonyl (C=O) groups is 2. The third kappa shape index (κ3) is 1.68. The molecular formula is C21H19N3O2. The summed E-state index contributed by atoms with van der Waals surface area (Å²) in [6, 6.07) is 8.05. The summed E-state index contributed by atoms with van der Waals surface area (Å²) in [4.78, 5) is 25.9. The number of carbonyl (C=O) groups excluding carboxylic acids is 2. The molecule has 6 atom stereocenters. The van der Waals surface area contributed by atoms with Crippen molar-refractivity contribution in [3.63, 3.8) is 0 Å². The van der Waals surface area contributed by atoms with Gasteiger partial charge in [0, 0.05) is 29.7 Å². The summed E-state index contributed by atoms with van der Waals surface area (Å²) in [5, 5.41) is 6.56. The zero-order valence-electron chi connectivity index (χ0n) is 14.4. The molecule has 5 nitrogen and oxygen atoms in total. The van der Waals surface area contributed by atoms with Gasteiger partial charge in [0.15, 0.2) is 0 Å². The summed E-state index contributed by atoms with van der Waals surface area (Å²) in [5.74, 6) is 1.11. The van der Waals surface area contributed by atoms with Gasteiger partial charge in [0.2, 0.25) is 0 Å². The van der Waals surface area contributed by atoms with Crippen LogP contribution in [0.15, 0.2) is 47.7 Å². The van der Waals surface area contributed by atoms with Crippen molar-refractivity contribution >= 4 is 28.9 Å². The normalized spacial score (nSPS) is 37.0. The SMILES string of the molecule is Cn1cc(/C=N\N2C(=O)[C@@H]3[C@@H]4C=C[C@H]([C@@H]5C[C@H]45)[C@H]3C2=O)c2ccccc21. The molecule has 7 rings (SSSR count). The van der Waals surface area contributed by atoms with Gasteiger partial charge in [-0.3, -0.25) is 9.59 Å². The Balaban J connectivity index is 1.36. The van der Waals surface area contributed by atoms with E-state index in [9.17, 15) is 9.59 Å². The third-order valence-electron chi connectivity index (χ3n) is 6.88. The Labute approximate surface area is 151 Å². The molecule has 0 radical (unpaired) electrons. The molecule has 1 aliphatic heterocycles. The van der Waals surface area contributed by atoms with Crippen LogP contribution in [0, 0.1) is 35.5 Å². The van der Waals surface area contributed by atoms with E-state index in [1.165, 1.54) is 6.42 Å². The quantitative estimate of drug-likeness (QED) is 0.477. The first kappa shape index (κ1) is 14.5. The number of nitrogens with zero attached hydrogens (tertiary/aromatic N) is 3. The van der Waals surface area contributed by atoms with Gasteiger partial charge < -0.3 is 4.57 Å². The van der Waals surface area contributed by atoms with Crippen LogP contribution in [-0.4, -0.2) is 27.6 Å². The van der Waals surface area contributed by atoms with E-state index in [0.717, 1.165) is 21.5 Å². The zero-order valence-corrected chi connectivity index (χ0v) is 14.4. The highest BCUT2D eigenvalue weighted by Crippen LogP contribution is 2.65. The lowest BCUT2D eigenvalue weighted by atomic mass is 9.63. The van der Waals surface area contributed by atoms with Crippen LogP contribution in [0.1, 0.15) is 12.0 Å². The minimum Gasteiger partial charge on any atom is -0.350 e. The Morgan fingerprint density at radius 3 is 2.38 bits per heavy atom. The van der Waals surface area contributed by atoms with Gasteiger partial charge in [-0.25, -0.2) is 0 Å². The molecule has 1 aromatic heterocycles. The van der Waals surface area contributed by atoms with Crippen LogP contribution in [0.4, 0.5) is 0 Å². The Kier molecular flexibility index (Phi) is 2.63. The average Bonchev–Trinajstić information content (AvgIpc) is 3.37. The van der Waals surface area contributed by atoms with E-state index < -0.39 is 0 Å². The van der Waals surface area contributed by atoms with Gasteiger partial charge in [-0.2, -0.15) is 10.1 Å². The molecule has 5 aliphatic rings. The number of hydrazone groups is 1. The molecule has 0 unspecified atom stereocenters. The molecule has 2 amide bonds. The first-order valence-electron chi connectivity index (χ1n) is 9.29. The second kappa shape index (κ2) is 4.72. The molecule has 2 aromatic rings. The molecule has 1 saturated heterocycles. The highest BCUT2D eigenvalue weighted by molar-refractivity contribution is 6.07. The summed E-state index contributed by atoms with van der Waals surface area (Å²) >= 11 is 0. The predicted molar refractivity (Wildman–Crippen MR) is 97.1 cm³/mol. The Bertz CT molecular complexity index is 997. The van der Waals surface area contributed by atoms with Crippen LogP contribution >= 0.6 is 0 Å². The molecule has 2 heterocycles. The zero-order chi connectivity index (χ0) is 17.6. The molecular weight excluding hydrogens is 326 g/mol. The van der Waals surface area contributed by atoms with E-state index in [-0.39, 0.29) is 35.5 Å². The highest BCUT2D eigenvalue weighted by atomic mass is 16.2. The number of amides is 2. The summed E-state index contributed by atoms with van der Waals surface area (Å²) in [6.07, 6.45) is 9.18. The van der Waals surface area contributed by atoms with E-state index in [4.69, 9.17) is 0 Å². The van der Waals surface area contributed by atoms with Crippen molar-refractivity contribution in [2.45, 2.75) is 6.42 Å². The standard InChI is InChI=1S/C21H19N3O2/c1-23-10-11(12-4-2-3-5-17(12)23)9-22-24-20(25)18-13-6-7-14(16-8-15(13)16)19(18)21(24)26/h2-7,9-10,13-16,18-19H,8H2,1H3/b22-9-/t13-,14-,15-,16+,18-,19-/m1/s1. The molecule has 5 heteroatoms. The molecule has 130 valence electrons. The number of para-hydroxylation sites is 1. The highest BCUT2D eigenvalue weighted by Gasteiger charge is 2.67. The number of benzene rings is 1. The number of hydrogen-bond acceptors (Lipinski definition) is 3. The van der Waals surface area contributed by atoms with Gasteiger partial charge in [0.1, 0.15) is 0 Å². The van der Waals surface area contributed by atoms with E-state index >= 15 is 0 Å². The second-order valence-electron chi connectivity index (χ2n) is 8.10. The monoisotopic (exact) mass is 345 g/mol. The number of rotatable bonds is 2. The van der Waals surface area contributed by atoms with Crippen LogP contribution in [-0.2, 0) is 16.6 Å². The van der Waals surface area contributed by atoms with Crippen LogP contribution in [0.3, 0.4) is 0 Å². The lowest BCUT2D eigenvalue weighted by Gasteiger charge is -2.37. The Morgan fingerprint density at radius 1 is 1.04 bits per heavy atom. The van der Waals surface area contributed by atoms with Crippen molar-refractivity contribution in [1.29, 1.82) is 0 Å². The number of fused-ring (bicyclic) bond motifs is 1.